The Bertz CT molecular complexity index is 714. The molecule has 0 radical (unpaired) electrons. The summed E-state index contributed by atoms with van der Waals surface area (Å²) in [6, 6.07) is 7.72. The van der Waals surface area contributed by atoms with Crippen LogP contribution in [0.4, 0.5) is 0 Å². The molecule has 1 aromatic carbocycles. The molecule has 0 spiro atoms. The van der Waals surface area contributed by atoms with Crippen LogP contribution >= 0.6 is 11.8 Å². The van der Waals surface area contributed by atoms with E-state index in [9.17, 15) is 4.79 Å². The van der Waals surface area contributed by atoms with Gasteiger partial charge in [0.15, 0.2) is 0 Å². The Kier molecular flexibility index (Phi) is 7.00. The first-order valence-electron chi connectivity index (χ1n) is 7.97. The molecule has 0 aliphatic rings. The van der Waals surface area contributed by atoms with Crippen molar-refractivity contribution in [2.75, 3.05) is 26.0 Å². The summed E-state index contributed by atoms with van der Waals surface area (Å²) in [6.45, 7) is 9.51. The van der Waals surface area contributed by atoms with Crippen molar-refractivity contribution in [2.24, 2.45) is 0 Å². The molecule has 2 rings (SSSR count). The zero-order valence-corrected chi connectivity index (χ0v) is 15.6. The zero-order valence-electron chi connectivity index (χ0n) is 14.8. The Morgan fingerprint density at radius 1 is 1.36 bits per heavy atom. The highest BCUT2D eigenvalue weighted by Gasteiger charge is 2.15. The van der Waals surface area contributed by atoms with Gasteiger partial charge < -0.3 is 9.64 Å². The minimum atomic E-state index is 0.0505. The third kappa shape index (κ3) is 5.60. The molecule has 1 amide bonds. The maximum Gasteiger partial charge on any atom is 0.233 e. The summed E-state index contributed by atoms with van der Waals surface area (Å²) < 4.78 is 6.84. The average Bonchev–Trinajstić information content (AvgIpc) is 3.05. The summed E-state index contributed by atoms with van der Waals surface area (Å²) in [5.74, 6) is 1.15. The lowest BCUT2D eigenvalue weighted by atomic mass is 10.2. The molecule has 1 heterocycles. The van der Waals surface area contributed by atoms with Crippen LogP contribution < -0.4 is 4.74 Å². The predicted molar refractivity (Wildman–Crippen MR) is 97.7 cm³/mol. The Morgan fingerprint density at radius 3 is 2.68 bits per heavy atom. The van der Waals surface area contributed by atoms with E-state index < -0.39 is 0 Å². The van der Waals surface area contributed by atoms with Gasteiger partial charge in [-0.15, -0.1) is 5.10 Å². The van der Waals surface area contributed by atoms with Gasteiger partial charge in [-0.3, -0.25) is 4.79 Å². The second-order valence-electron chi connectivity index (χ2n) is 5.62. The molecule has 8 heteroatoms. The number of likely N-dealkylation sites (N-methyl/N-ethyl adjacent to an activating group) is 1. The highest BCUT2D eigenvalue weighted by atomic mass is 32.2. The predicted octanol–water partition coefficient (Wildman–Crippen LogP) is 2.25. The maximum atomic E-state index is 12.3. The Labute approximate surface area is 152 Å². The number of hydrogen-bond donors (Lipinski definition) is 0. The topological polar surface area (TPSA) is 73.1 Å². The lowest BCUT2D eigenvalue weighted by Gasteiger charge is -2.20. The second kappa shape index (κ2) is 9.22. The standard InChI is InChI=1S/C17H23N5O2S/c1-5-21(10-13(2)3)16(23)12-25-17-18-19-20-22(17)11-14-6-8-15(24-4)9-7-14/h6-9H,2,5,10-12H2,1,3-4H3. The molecule has 2 aromatic rings. The molecule has 134 valence electrons. The first-order chi connectivity index (χ1) is 12.0. The summed E-state index contributed by atoms with van der Waals surface area (Å²) in [5, 5.41) is 12.4. The van der Waals surface area contributed by atoms with Gasteiger partial charge in [0.2, 0.25) is 11.1 Å². The SMILES string of the molecule is C=C(C)CN(CC)C(=O)CSc1nnnn1Cc1ccc(OC)cc1. The third-order valence-corrected chi connectivity index (χ3v) is 4.45. The number of ether oxygens (including phenoxy) is 1. The molecule has 0 aliphatic heterocycles. The number of rotatable bonds is 9. The maximum absolute atomic E-state index is 12.3. The number of hydrogen-bond acceptors (Lipinski definition) is 6. The number of amides is 1. The monoisotopic (exact) mass is 361 g/mol. The molecule has 0 unspecified atom stereocenters. The minimum Gasteiger partial charge on any atom is -0.497 e. The van der Waals surface area contributed by atoms with E-state index >= 15 is 0 Å². The smallest absolute Gasteiger partial charge is 0.233 e. The average molecular weight is 361 g/mol. The van der Waals surface area contributed by atoms with Crippen molar-refractivity contribution >= 4 is 17.7 Å². The molecule has 0 bridgehead atoms. The van der Waals surface area contributed by atoms with Gasteiger partial charge in [-0.25, -0.2) is 4.68 Å². The third-order valence-electron chi connectivity index (χ3n) is 3.51. The highest BCUT2D eigenvalue weighted by Crippen LogP contribution is 2.17. The Balaban J connectivity index is 1.96. The molecule has 1 aromatic heterocycles. The fourth-order valence-electron chi connectivity index (χ4n) is 2.22. The van der Waals surface area contributed by atoms with E-state index in [1.807, 2.05) is 38.1 Å². The van der Waals surface area contributed by atoms with Gasteiger partial charge in [0.1, 0.15) is 5.75 Å². The molecule has 0 saturated heterocycles. The number of nitrogens with zero attached hydrogens (tertiary/aromatic N) is 5. The first-order valence-corrected chi connectivity index (χ1v) is 8.96. The van der Waals surface area contributed by atoms with E-state index in [1.54, 1.807) is 16.7 Å². The van der Waals surface area contributed by atoms with Crippen molar-refractivity contribution in [1.82, 2.24) is 25.1 Å². The van der Waals surface area contributed by atoms with Crippen LogP contribution in [0.25, 0.3) is 0 Å². The molecule has 0 aliphatic carbocycles. The Morgan fingerprint density at radius 2 is 2.08 bits per heavy atom. The van der Waals surface area contributed by atoms with Gasteiger partial charge in [-0.05, 0) is 42.0 Å². The fourth-order valence-corrected chi connectivity index (χ4v) is 3.00. The molecular formula is C17H23N5O2S. The van der Waals surface area contributed by atoms with Crippen LogP contribution in [0.3, 0.4) is 0 Å². The van der Waals surface area contributed by atoms with E-state index in [0.717, 1.165) is 16.9 Å². The first kappa shape index (κ1) is 19.0. The van der Waals surface area contributed by atoms with Gasteiger partial charge in [0, 0.05) is 13.1 Å². The van der Waals surface area contributed by atoms with E-state index in [1.165, 1.54) is 11.8 Å². The summed E-state index contributed by atoms with van der Waals surface area (Å²) in [5.41, 5.74) is 2.02. The van der Waals surface area contributed by atoms with Crippen molar-refractivity contribution in [3.05, 3.63) is 42.0 Å². The fraction of sp³-hybridized carbons (Fsp3) is 0.412. The summed E-state index contributed by atoms with van der Waals surface area (Å²) in [6.07, 6.45) is 0. The van der Waals surface area contributed by atoms with Crippen LogP contribution in [0.5, 0.6) is 5.75 Å². The number of methoxy groups -OCH3 is 1. The van der Waals surface area contributed by atoms with Crippen molar-refractivity contribution in [2.45, 2.75) is 25.5 Å². The van der Waals surface area contributed by atoms with Crippen LogP contribution in [-0.4, -0.2) is 57.0 Å². The Hall–Kier alpha value is -2.35. The molecule has 0 saturated carbocycles. The minimum absolute atomic E-state index is 0.0505. The van der Waals surface area contributed by atoms with Crippen molar-refractivity contribution in [3.8, 4) is 5.75 Å². The van der Waals surface area contributed by atoms with Crippen molar-refractivity contribution in [3.63, 3.8) is 0 Å². The van der Waals surface area contributed by atoms with E-state index in [0.29, 0.717) is 30.5 Å². The van der Waals surface area contributed by atoms with Crippen LogP contribution in [0.15, 0.2) is 41.6 Å². The number of thioether (sulfide) groups is 1. The van der Waals surface area contributed by atoms with Crippen LogP contribution in [-0.2, 0) is 11.3 Å². The van der Waals surface area contributed by atoms with Crippen molar-refractivity contribution in [1.29, 1.82) is 0 Å². The number of benzene rings is 1. The molecule has 0 atom stereocenters. The molecule has 0 N–H and O–H groups in total. The number of aromatic nitrogens is 4. The molecular weight excluding hydrogens is 338 g/mol. The number of carbonyl (C=O) groups excluding carboxylic acids is 1. The lowest BCUT2D eigenvalue weighted by molar-refractivity contribution is -0.127. The van der Waals surface area contributed by atoms with E-state index in [4.69, 9.17) is 4.74 Å². The quantitative estimate of drug-likeness (QED) is 0.504. The van der Waals surface area contributed by atoms with E-state index in [2.05, 4.69) is 22.1 Å². The van der Waals surface area contributed by atoms with Gasteiger partial charge >= 0.3 is 0 Å². The summed E-state index contributed by atoms with van der Waals surface area (Å²) in [4.78, 5) is 14.1. The summed E-state index contributed by atoms with van der Waals surface area (Å²) in [7, 11) is 1.63. The molecule has 7 nitrogen and oxygen atoms in total. The number of carbonyl (C=O) groups is 1. The lowest BCUT2D eigenvalue weighted by Crippen LogP contribution is -2.33. The van der Waals surface area contributed by atoms with Gasteiger partial charge in [-0.2, -0.15) is 0 Å². The normalized spacial score (nSPS) is 10.5. The molecule has 25 heavy (non-hydrogen) atoms. The summed E-state index contributed by atoms with van der Waals surface area (Å²) >= 11 is 1.34. The van der Waals surface area contributed by atoms with Crippen LogP contribution in [0.1, 0.15) is 19.4 Å². The second-order valence-corrected chi connectivity index (χ2v) is 6.56. The van der Waals surface area contributed by atoms with Crippen molar-refractivity contribution < 1.29 is 9.53 Å². The van der Waals surface area contributed by atoms with Gasteiger partial charge in [0.25, 0.3) is 0 Å². The largest absolute Gasteiger partial charge is 0.497 e. The van der Waals surface area contributed by atoms with Crippen LogP contribution in [0, 0.1) is 0 Å². The van der Waals surface area contributed by atoms with Gasteiger partial charge in [0.05, 0.1) is 19.4 Å². The zero-order chi connectivity index (χ0) is 18.2. The molecule has 0 fully saturated rings. The highest BCUT2D eigenvalue weighted by molar-refractivity contribution is 7.99. The van der Waals surface area contributed by atoms with E-state index in [-0.39, 0.29) is 5.91 Å². The number of tetrazole rings is 1. The van der Waals surface area contributed by atoms with Crippen LogP contribution in [0.2, 0.25) is 0 Å². The van der Waals surface area contributed by atoms with Gasteiger partial charge in [-0.1, -0.05) is 36.0 Å².